The van der Waals surface area contributed by atoms with Crippen molar-refractivity contribution in [2.75, 3.05) is 0 Å². The third-order valence-electron chi connectivity index (χ3n) is 2.50. The van der Waals surface area contributed by atoms with Crippen LogP contribution in [0.15, 0.2) is 28.7 Å². The van der Waals surface area contributed by atoms with Gasteiger partial charge in [0, 0.05) is 19.8 Å². The number of halogens is 3. The van der Waals surface area contributed by atoms with Crippen molar-refractivity contribution in [2.24, 2.45) is 0 Å². The van der Waals surface area contributed by atoms with Gasteiger partial charge in [0.1, 0.15) is 5.82 Å². The Morgan fingerprint density at radius 1 is 1.24 bits per heavy atom. The molecule has 1 aromatic carbocycles. The minimum Gasteiger partial charge on any atom is -0.207 e. The maximum Gasteiger partial charge on any atom is 0.128 e. The second kappa shape index (κ2) is 5.21. The zero-order chi connectivity index (χ0) is 12.6. The summed E-state index contributed by atoms with van der Waals surface area (Å²) in [6.07, 6.45) is 0. The van der Waals surface area contributed by atoms with Crippen LogP contribution in [0.5, 0.6) is 0 Å². The van der Waals surface area contributed by atoms with Crippen LogP contribution in [0.3, 0.4) is 0 Å². The van der Waals surface area contributed by atoms with Gasteiger partial charge in [0.05, 0.1) is 4.83 Å². The summed E-state index contributed by atoms with van der Waals surface area (Å²) in [5.74, 6) is -0.162. The number of thiophene rings is 1. The lowest BCUT2D eigenvalue weighted by molar-refractivity contribution is 0.612. The maximum atomic E-state index is 13.9. The molecule has 1 atom stereocenters. The standard InChI is InChI=1S/C13H11Br2FS/c1-7-3-4-9(11(16)5-7)12(15)13-10(14)6-8(2)17-13/h3-6,12H,1-2H3. The average molecular weight is 378 g/mol. The molecule has 1 aromatic heterocycles. The van der Waals surface area contributed by atoms with Gasteiger partial charge >= 0.3 is 0 Å². The topological polar surface area (TPSA) is 0 Å². The van der Waals surface area contributed by atoms with E-state index in [9.17, 15) is 4.39 Å². The van der Waals surface area contributed by atoms with E-state index in [0.29, 0.717) is 5.56 Å². The van der Waals surface area contributed by atoms with E-state index in [2.05, 4.69) is 37.9 Å². The van der Waals surface area contributed by atoms with Crippen molar-refractivity contribution < 1.29 is 4.39 Å². The Morgan fingerprint density at radius 2 is 1.94 bits per heavy atom. The molecule has 0 nitrogen and oxygen atoms in total. The van der Waals surface area contributed by atoms with E-state index >= 15 is 0 Å². The molecule has 0 N–H and O–H groups in total. The fourth-order valence-electron chi connectivity index (χ4n) is 1.65. The van der Waals surface area contributed by atoms with Crippen LogP contribution in [0.2, 0.25) is 0 Å². The highest BCUT2D eigenvalue weighted by Gasteiger charge is 2.19. The third kappa shape index (κ3) is 2.80. The van der Waals surface area contributed by atoms with E-state index in [4.69, 9.17) is 0 Å². The van der Waals surface area contributed by atoms with Gasteiger partial charge in [-0.15, -0.1) is 11.3 Å². The Hall–Kier alpha value is -0.190. The quantitative estimate of drug-likeness (QED) is 0.584. The number of hydrogen-bond donors (Lipinski definition) is 0. The van der Waals surface area contributed by atoms with Gasteiger partial charge in [-0.05, 0) is 47.5 Å². The van der Waals surface area contributed by atoms with Gasteiger partial charge in [0.25, 0.3) is 0 Å². The molecule has 0 fully saturated rings. The lowest BCUT2D eigenvalue weighted by Gasteiger charge is -2.10. The number of benzene rings is 1. The van der Waals surface area contributed by atoms with Crippen LogP contribution in [-0.2, 0) is 0 Å². The molecule has 0 radical (unpaired) electrons. The first-order valence-electron chi connectivity index (χ1n) is 5.15. The van der Waals surface area contributed by atoms with Gasteiger partial charge in [-0.1, -0.05) is 28.1 Å². The Bertz CT molecular complexity index is 548. The lowest BCUT2D eigenvalue weighted by Crippen LogP contribution is -1.95. The van der Waals surface area contributed by atoms with Crippen molar-refractivity contribution >= 4 is 43.2 Å². The predicted molar refractivity (Wildman–Crippen MR) is 78.7 cm³/mol. The largest absolute Gasteiger partial charge is 0.207 e. The van der Waals surface area contributed by atoms with Crippen molar-refractivity contribution in [3.05, 3.63) is 55.4 Å². The minimum atomic E-state index is -0.162. The van der Waals surface area contributed by atoms with Crippen LogP contribution >= 0.6 is 43.2 Å². The second-order valence-corrected chi connectivity index (χ2v) is 7.01. The molecule has 4 heteroatoms. The van der Waals surface area contributed by atoms with Gasteiger partial charge in [-0.25, -0.2) is 4.39 Å². The van der Waals surface area contributed by atoms with Gasteiger partial charge in [-0.3, -0.25) is 0 Å². The normalized spacial score (nSPS) is 12.8. The van der Waals surface area contributed by atoms with Crippen molar-refractivity contribution in [2.45, 2.75) is 18.7 Å². The second-order valence-electron chi connectivity index (χ2n) is 3.96. The van der Waals surface area contributed by atoms with Gasteiger partial charge in [-0.2, -0.15) is 0 Å². The molecular weight excluding hydrogens is 367 g/mol. The van der Waals surface area contributed by atoms with Crippen LogP contribution in [0.1, 0.15) is 25.7 Å². The average Bonchev–Trinajstić information content (AvgIpc) is 2.57. The van der Waals surface area contributed by atoms with Gasteiger partial charge < -0.3 is 0 Å². The third-order valence-corrected chi connectivity index (χ3v) is 5.78. The zero-order valence-electron chi connectivity index (χ0n) is 9.43. The molecule has 0 amide bonds. The van der Waals surface area contributed by atoms with Crippen LogP contribution in [0.4, 0.5) is 4.39 Å². The van der Waals surface area contributed by atoms with Gasteiger partial charge in [0.15, 0.2) is 0 Å². The molecule has 0 spiro atoms. The van der Waals surface area contributed by atoms with Crippen molar-refractivity contribution in [1.82, 2.24) is 0 Å². The zero-order valence-corrected chi connectivity index (χ0v) is 13.4. The maximum absolute atomic E-state index is 13.9. The van der Waals surface area contributed by atoms with E-state index in [-0.39, 0.29) is 10.6 Å². The first kappa shape index (κ1) is 13.2. The molecule has 2 aromatic rings. The Balaban J connectivity index is 2.43. The number of hydrogen-bond acceptors (Lipinski definition) is 1. The number of aryl methyl sites for hydroxylation is 2. The molecule has 0 aliphatic heterocycles. The summed E-state index contributed by atoms with van der Waals surface area (Å²) in [6, 6.07) is 7.39. The summed E-state index contributed by atoms with van der Waals surface area (Å²) >= 11 is 8.76. The number of alkyl halides is 1. The molecule has 0 bridgehead atoms. The van der Waals surface area contributed by atoms with Crippen molar-refractivity contribution in [3.63, 3.8) is 0 Å². The van der Waals surface area contributed by atoms with Crippen molar-refractivity contribution in [3.8, 4) is 0 Å². The van der Waals surface area contributed by atoms with Crippen molar-refractivity contribution in [1.29, 1.82) is 0 Å². The molecule has 0 aliphatic carbocycles. The SMILES string of the molecule is Cc1ccc(C(Br)c2sc(C)cc2Br)c(F)c1. The fourth-order valence-corrected chi connectivity index (χ4v) is 4.74. The summed E-state index contributed by atoms with van der Waals surface area (Å²) in [6.45, 7) is 3.94. The Morgan fingerprint density at radius 3 is 2.47 bits per heavy atom. The molecule has 0 saturated heterocycles. The van der Waals surface area contributed by atoms with Crippen LogP contribution < -0.4 is 0 Å². The van der Waals surface area contributed by atoms with E-state index in [0.717, 1.165) is 14.9 Å². The molecular formula is C13H11Br2FS. The highest BCUT2D eigenvalue weighted by molar-refractivity contribution is 9.11. The lowest BCUT2D eigenvalue weighted by atomic mass is 10.1. The molecule has 1 unspecified atom stereocenters. The Kier molecular flexibility index (Phi) is 4.06. The predicted octanol–water partition coefficient (Wildman–Crippen LogP) is 5.75. The highest BCUT2D eigenvalue weighted by atomic mass is 79.9. The van der Waals surface area contributed by atoms with Crippen LogP contribution in [0, 0.1) is 19.7 Å². The summed E-state index contributed by atoms with van der Waals surface area (Å²) in [4.78, 5) is 2.21. The fraction of sp³-hybridized carbons (Fsp3) is 0.231. The monoisotopic (exact) mass is 376 g/mol. The Labute approximate surface area is 121 Å². The first-order valence-corrected chi connectivity index (χ1v) is 7.67. The van der Waals surface area contributed by atoms with E-state index in [1.807, 2.05) is 26.0 Å². The van der Waals surface area contributed by atoms with E-state index in [1.54, 1.807) is 17.4 Å². The molecule has 1 heterocycles. The summed E-state index contributed by atoms with van der Waals surface area (Å²) in [5, 5.41) is 0. The molecule has 2 rings (SSSR count). The first-order chi connectivity index (χ1) is 7.99. The van der Waals surface area contributed by atoms with Crippen LogP contribution in [0.25, 0.3) is 0 Å². The van der Waals surface area contributed by atoms with E-state index in [1.165, 1.54) is 4.88 Å². The summed E-state index contributed by atoms with van der Waals surface area (Å²) < 4.78 is 14.9. The molecule has 90 valence electrons. The summed E-state index contributed by atoms with van der Waals surface area (Å²) in [5.41, 5.74) is 1.62. The minimum absolute atomic E-state index is 0.101. The van der Waals surface area contributed by atoms with E-state index < -0.39 is 0 Å². The molecule has 0 aliphatic rings. The highest BCUT2D eigenvalue weighted by Crippen LogP contribution is 2.41. The molecule has 17 heavy (non-hydrogen) atoms. The van der Waals surface area contributed by atoms with Crippen LogP contribution in [-0.4, -0.2) is 0 Å². The summed E-state index contributed by atoms with van der Waals surface area (Å²) in [7, 11) is 0. The number of rotatable bonds is 2. The molecule has 0 saturated carbocycles. The smallest absolute Gasteiger partial charge is 0.128 e. The van der Waals surface area contributed by atoms with Gasteiger partial charge in [0.2, 0.25) is 0 Å².